The summed E-state index contributed by atoms with van der Waals surface area (Å²) in [7, 11) is 1.95. The van der Waals surface area contributed by atoms with Crippen LogP contribution in [0.4, 0.5) is 10.1 Å². The van der Waals surface area contributed by atoms with E-state index in [0.29, 0.717) is 24.0 Å². The lowest BCUT2D eigenvalue weighted by Gasteiger charge is -2.16. The molecule has 0 spiro atoms. The number of hydrogen-bond acceptors (Lipinski definition) is 5. The van der Waals surface area contributed by atoms with Crippen molar-refractivity contribution in [3.05, 3.63) is 72.1 Å². The first kappa shape index (κ1) is 15.0. The van der Waals surface area contributed by atoms with Crippen molar-refractivity contribution in [1.29, 1.82) is 0 Å². The van der Waals surface area contributed by atoms with Gasteiger partial charge in [0.15, 0.2) is 6.61 Å². The second kappa shape index (κ2) is 6.91. The molecule has 0 saturated carbocycles. The summed E-state index contributed by atoms with van der Waals surface area (Å²) < 4.78 is 23.5. The third-order valence-corrected chi connectivity index (χ3v) is 3.26. The van der Waals surface area contributed by atoms with E-state index in [9.17, 15) is 4.39 Å². The van der Waals surface area contributed by atoms with Gasteiger partial charge in [0, 0.05) is 12.7 Å². The maximum atomic E-state index is 12.8. The Morgan fingerprint density at radius 1 is 1.09 bits per heavy atom. The van der Waals surface area contributed by atoms with Crippen molar-refractivity contribution >= 4 is 5.69 Å². The van der Waals surface area contributed by atoms with Crippen molar-refractivity contribution in [2.45, 2.75) is 13.2 Å². The Hall–Kier alpha value is -2.89. The van der Waals surface area contributed by atoms with Gasteiger partial charge in [-0.3, -0.25) is 0 Å². The summed E-state index contributed by atoms with van der Waals surface area (Å²) in [5, 5.41) is 3.88. The van der Waals surface area contributed by atoms with Gasteiger partial charge in [-0.25, -0.2) is 4.39 Å². The van der Waals surface area contributed by atoms with Gasteiger partial charge in [-0.1, -0.05) is 23.4 Å². The number of para-hydroxylation sites is 1. The molecule has 0 atom stereocenters. The number of rotatable bonds is 6. The highest BCUT2D eigenvalue weighted by atomic mass is 19.1. The van der Waals surface area contributed by atoms with E-state index in [1.54, 1.807) is 12.1 Å². The van der Waals surface area contributed by atoms with Crippen LogP contribution >= 0.6 is 0 Å². The first-order valence-corrected chi connectivity index (χ1v) is 7.17. The maximum Gasteiger partial charge on any atom is 0.246 e. The van der Waals surface area contributed by atoms with E-state index >= 15 is 0 Å². The van der Waals surface area contributed by atoms with Gasteiger partial charge in [0.25, 0.3) is 0 Å². The van der Waals surface area contributed by atoms with E-state index in [2.05, 4.69) is 10.1 Å². The Labute approximate surface area is 133 Å². The molecule has 118 valence electrons. The smallest absolute Gasteiger partial charge is 0.246 e. The fraction of sp³-hybridized carbons (Fsp3) is 0.176. The molecule has 0 aliphatic carbocycles. The number of nitrogens with zero attached hydrogens (tertiary/aromatic N) is 3. The molecule has 0 N–H and O–H groups in total. The summed E-state index contributed by atoms with van der Waals surface area (Å²) in [6, 6.07) is 15.7. The van der Waals surface area contributed by atoms with Crippen LogP contribution in [0.5, 0.6) is 5.75 Å². The predicted molar refractivity (Wildman–Crippen MR) is 83.6 cm³/mol. The fourth-order valence-electron chi connectivity index (χ4n) is 2.07. The lowest BCUT2D eigenvalue weighted by atomic mass is 10.3. The van der Waals surface area contributed by atoms with Crippen molar-refractivity contribution in [2.75, 3.05) is 11.9 Å². The largest absolute Gasteiger partial charge is 0.485 e. The number of hydrogen-bond donors (Lipinski definition) is 0. The highest BCUT2D eigenvalue weighted by Crippen LogP contribution is 2.15. The van der Waals surface area contributed by atoms with Crippen LogP contribution in [0.3, 0.4) is 0 Å². The van der Waals surface area contributed by atoms with Gasteiger partial charge in [0.1, 0.15) is 11.6 Å². The first-order chi connectivity index (χ1) is 11.2. The van der Waals surface area contributed by atoms with Crippen molar-refractivity contribution in [1.82, 2.24) is 10.1 Å². The molecular weight excluding hydrogens is 297 g/mol. The number of ether oxygens (including phenoxy) is 1. The van der Waals surface area contributed by atoms with Crippen molar-refractivity contribution < 1.29 is 13.7 Å². The van der Waals surface area contributed by atoms with E-state index in [4.69, 9.17) is 9.26 Å². The molecule has 0 saturated heterocycles. The zero-order valence-corrected chi connectivity index (χ0v) is 12.6. The molecule has 3 rings (SSSR count). The third kappa shape index (κ3) is 4.06. The Bertz CT molecular complexity index is 744. The third-order valence-electron chi connectivity index (χ3n) is 3.26. The van der Waals surface area contributed by atoms with Crippen molar-refractivity contribution in [2.24, 2.45) is 0 Å². The molecule has 5 nitrogen and oxygen atoms in total. The first-order valence-electron chi connectivity index (χ1n) is 7.17. The lowest BCUT2D eigenvalue weighted by Crippen LogP contribution is -2.16. The van der Waals surface area contributed by atoms with E-state index < -0.39 is 0 Å². The van der Waals surface area contributed by atoms with Gasteiger partial charge in [-0.05, 0) is 36.4 Å². The standard InChI is InChI=1S/C17H16FN3O2/c1-21(14-5-3-2-4-6-14)11-17-19-16(20-23-17)12-22-15-9-7-13(18)8-10-15/h2-10H,11-12H2,1H3. The quantitative estimate of drug-likeness (QED) is 0.698. The second-order valence-corrected chi connectivity index (χ2v) is 5.04. The van der Waals surface area contributed by atoms with Gasteiger partial charge in [0.2, 0.25) is 11.7 Å². The molecule has 0 fully saturated rings. The predicted octanol–water partition coefficient (Wildman–Crippen LogP) is 3.42. The van der Waals surface area contributed by atoms with Crippen molar-refractivity contribution in [3.8, 4) is 5.75 Å². The average Bonchev–Trinajstić information content (AvgIpc) is 3.02. The second-order valence-electron chi connectivity index (χ2n) is 5.04. The Morgan fingerprint density at radius 2 is 1.83 bits per heavy atom. The summed E-state index contributed by atoms with van der Waals surface area (Å²) in [5.74, 6) is 1.21. The molecule has 2 aromatic carbocycles. The molecule has 0 bridgehead atoms. The molecule has 0 unspecified atom stereocenters. The molecule has 6 heteroatoms. The zero-order valence-electron chi connectivity index (χ0n) is 12.6. The normalized spacial score (nSPS) is 10.5. The van der Waals surface area contributed by atoms with E-state index in [0.717, 1.165) is 5.69 Å². The van der Waals surface area contributed by atoms with Crippen LogP contribution in [0.15, 0.2) is 59.1 Å². The van der Waals surface area contributed by atoms with E-state index in [1.165, 1.54) is 12.1 Å². The van der Waals surface area contributed by atoms with Crippen LogP contribution < -0.4 is 9.64 Å². The molecule has 3 aromatic rings. The molecule has 0 aliphatic rings. The minimum Gasteiger partial charge on any atom is -0.485 e. The summed E-state index contributed by atoms with van der Waals surface area (Å²) in [4.78, 5) is 6.30. The molecule has 0 aliphatic heterocycles. The summed E-state index contributed by atoms with van der Waals surface area (Å²) in [6.45, 7) is 0.678. The van der Waals surface area contributed by atoms with Crippen LogP contribution in [-0.4, -0.2) is 17.2 Å². The highest BCUT2D eigenvalue weighted by Gasteiger charge is 2.10. The maximum absolute atomic E-state index is 12.8. The molecule has 1 heterocycles. The van der Waals surface area contributed by atoms with E-state index in [1.807, 2.05) is 42.3 Å². The van der Waals surface area contributed by atoms with Gasteiger partial charge in [0.05, 0.1) is 6.54 Å². The highest BCUT2D eigenvalue weighted by molar-refractivity contribution is 5.44. The number of aromatic nitrogens is 2. The minimum absolute atomic E-state index is 0.171. The Morgan fingerprint density at radius 3 is 2.57 bits per heavy atom. The molecule has 1 aromatic heterocycles. The summed E-state index contributed by atoms with van der Waals surface area (Å²) >= 11 is 0. The molecule has 23 heavy (non-hydrogen) atoms. The summed E-state index contributed by atoms with van der Waals surface area (Å²) in [5.41, 5.74) is 1.06. The number of anilines is 1. The SMILES string of the molecule is CN(Cc1nc(COc2ccc(F)cc2)no1)c1ccccc1. The minimum atomic E-state index is -0.303. The van der Waals surface area contributed by atoms with Gasteiger partial charge >= 0.3 is 0 Å². The topological polar surface area (TPSA) is 51.4 Å². The number of halogens is 1. The van der Waals surface area contributed by atoms with E-state index in [-0.39, 0.29) is 12.4 Å². The van der Waals surface area contributed by atoms with Crippen LogP contribution in [0.1, 0.15) is 11.7 Å². The van der Waals surface area contributed by atoms with Gasteiger partial charge in [-0.15, -0.1) is 0 Å². The fourth-order valence-corrected chi connectivity index (χ4v) is 2.07. The Balaban J connectivity index is 1.56. The monoisotopic (exact) mass is 313 g/mol. The molecule has 0 radical (unpaired) electrons. The zero-order chi connectivity index (χ0) is 16.1. The Kier molecular flexibility index (Phi) is 4.52. The van der Waals surface area contributed by atoms with Gasteiger partial charge < -0.3 is 14.2 Å². The van der Waals surface area contributed by atoms with Crippen LogP contribution in [0.25, 0.3) is 0 Å². The molecule has 0 amide bonds. The average molecular weight is 313 g/mol. The molecular formula is C17H16FN3O2. The van der Waals surface area contributed by atoms with Crippen molar-refractivity contribution in [3.63, 3.8) is 0 Å². The van der Waals surface area contributed by atoms with Crippen LogP contribution in [0.2, 0.25) is 0 Å². The number of benzene rings is 2. The van der Waals surface area contributed by atoms with Crippen LogP contribution in [-0.2, 0) is 13.2 Å². The summed E-state index contributed by atoms with van der Waals surface area (Å²) in [6.07, 6.45) is 0. The van der Waals surface area contributed by atoms with Gasteiger partial charge in [-0.2, -0.15) is 4.98 Å². The van der Waals surface area contributed by atoms with Crippen LogP contribution in [0, 0.1) is 5.82 Å². The lowest BCUT2D eigenvalue weighted by molar-refractivity contribution is 0.284.